The number of likely N-dealkylation sites (tertiary alicyclic amines) is 1. The van der Waals surface area contributed by atoms with Crippen molar-refractivity contribution in [3.63, 3.8) is 0 Å². The predicted octanol–water partition coefficient (Wildman–Crippen LogP) is 1.44. The smallest absolute Gasteiger partial charge is 0.410 e. The van der Waals surface area contributed by atoms with Crippen LogP contribution >= 0.6 is 23.1 Å². The number of aliphatic hydroxyl groups is 1. The minimum atomic E-state index is -1.22. The van der Waals surface area contributed by atoms with Crippen molar-refractivity contribution >= 4 is 51.8 Å². The lowest BCUT2D eigenvalue weighted by Crippen LogP contribution is -2.63. The summed E-state index contributed by atoms with van der Waals surface area (Å²) in [5.41, 5.74) is -0.0809. The third-order valence-electron chi connectivity index (χ3n) is 8.09. The number of β-lactam (4-membered cyclic amide) rings is 1. The van der Waals surface area contributed by atoms with Gasteiger partial charge in [0.25, 0.3) is 5.82 Å². The van der Waals surface area contributed by atoms with Crippen molar-refractivity contribution < 1.29 is 38.7 Å². The third kappa shape index (κ3) is 4.91. The van der Waals surface area contributed by atoms with Crippen LogP contribution in [0.1, 0.15) is 26.1 Å². The number of carbonyl (C=O) groups is 4. The average Bonchev–Trinajstić information content (AvgIpc) is 3.66. The molecule has 3 aliphatic rings. The number of fused-ring (bicyclic) bond motifs is 2. The lowest BCUT2D eigenvalue weighted by atomic mass is 9.79. The Bertz CT molecular complexity index is 1450. The zero-order chi connectivity index (χ0) is 29.7. The summed E-state index contributed by atoms with van der Waals surface area (Å²) in [6.07, 6.45) is 4.13. The van der Waals surface area contributed by atoms with Crippen molar-refractivity contribution in [2.75, 3.05) is 20.2 Å². The number of likely N-dealkylation sites (N-methyl/N-ethyl adjacent to an activating group) is 1. The van der Waals surface area contributed by atoms with Gasteiger partial charge in [0.15, 0.2) is 0 Å². The number of carboxylic acids is 1. The van der Waals surface area contributed by atoms with E-state index < -0.39 is 42.1 Å². The summed E-state index contributed by atoms with van der Waals surface area (Å²) in [6.45, 7) is 7.44. The molecule has 2 N–H and O–H groups in total. The molecule has 3 amide bonds. The molecular weight excluding hydrogens is 570 g/mol. The summed E-state index contributed by atoms with van der Waals surface area (Å²) in [6, 6.07) is -1.25. The monoisotopic (exact) mass is 604 g/mol. The lowest BCUT2D eigenvalue weighted by Gasteiger charge is -2.46. The molecule has 5 rings (SSSR count). The number of thiazole rings is 1. The molecule has 2 fully saturated rings. The Morgan fingerprint density at radius 1 is 1.39 bits per heavy atom. The number of carbonyl (C=O) groups excluding carboxylic acids is 3. The number of carboxylic acid groups (broad SMARTS) is 1. The van der Waals surface area contributed by atoms with Crippen LogP contribution in [0.25, 0.3) is 4.83 Å². The van der Waals surface area contributed by atoms with Crippen LogP contribution in [0.4, 0.5) is 4.79 Å². The topological polar surface area (TPSA) is 136 Å². The number of aliphatic hydroxyl groups excluding tert-OH is 1. The summed E-state index contributed by atoms with van der Waals surface area (Å²) in [7, 11) is 3.61. The van der Waals surface area contributed by atoms with Gasteiger partial charge < -0.3 is 24.7 Å². The summed E-state index contributed by atoms with van der Waals surface area (Å²) in [4.78, 5) is 57.6. The summed E-state index contributed by atoms with van der Waals surface area (Å²) < 4.78 is 9.28. The quantitative estimate of drug-likeness (QED) is 0.249. The number of aryl methyl sites for hydroxylation is 1. The Labute approximate surface area is 245 Å². The van der Waals surface area contributed by atoms with Gasteiger partial charge in [-0.25, -0.2) is 14.2 Å². The van der Waals surface area contributed by atoms with E-state index in [9.17, 15) is 29.4 Å². The second kappa shape index (κ2) is 11.1. The van der Waals surface area contributed by atoms with Crippen molar-refractivity contribution in [1.29, 1.82) is 0 Å². The molecule has 0 radical (unpaired) electrons. The van der Waals surface area contributed by atoms with E-state index in [2.05, 4.69) is 6.58 Å². The minimum absolute atomic E-state index is 0.00907. The van der Waals surface area contributed by atoms with Gasteiger partial charge in [-0.1, -0.05) is 30.9 Å². The van der Waals surface area contributed by atoms with E-state index in [0.717, 1.165) is 10.7 Å². The maximum atomic E-state index is 13.8. The molecule has 2 aromatic heterocycles. The number of aliphatic carboxylic acids is 1. The van der Waals surface area contributed by atoms with Crippen molar-refractivity contribution in [2.45, 2.75) is 50.3 Å². The van der Waals surface area contributed by atoms with Gasteiger partial charge in [-0.15, -0.1) is 11.8 Å². The normalized spacial score (nSPS) is 26.3. The van der Waals surface area contributed by atoms with Crippen LogP contribution in [-0.4, -0.2) is 96.8 Å². The molecule has 6 atom stereocenters. The Hall–Kier alpha value is -3.36. The maximum absolute atomic E-state index is 13.8. The molecule has 0 aromatic carbocycles. The molecule has 0 saturated carbocycles. The first-order valence-electron chi connectivity index (χ1n) is 13.3. The largest absolute Gasteiger partial charge is 0.477 e. The fourth-order valence-electron chi connectivity index (χ4n) is 6.13. The molecule has 14 heteroatoms. The first-order chi connectivity index (χ1) is 19.5. The van der Waals surface area contributed by atoms with Crippen LogP contribution in [0.15, 0.2) is 41.0 Å². The minimum Gasteiger partial charge on any atom is -0.477 e. The molecule has 41 heavy (non-hydrogen) atoms. The van der Waals surface area contributed by atoms with E-state index in [0.29, 0.717) is 11.4 Å². The van der Waals surface area contributed by atoms with Gasteiger partial charge in [-0.2, -0.15) is 4.40 Å². The van der Waals surface area contributed by atoms with E-state index in [1.54, 1.807) is 23.3 Å². The highest BCUT2D eigenvalue weighted by Gasteiger charge is 2.60. The SMILES string of the molecule is C=CCOC(=O)N1C[C@@H](SC2=C(C(=O)O)N3C(=O)[C@H]([C@@H](C)O)[C@H]3[C@H]2C)C[C@H]1C(=O)N(C)Cc1n2ccsc2c[n+]1C. The number of amides is 3. The Kier molecular flexibility index (Phi) is 7.92. The van der Waals surface area contributed by atoms with Gasteiger partial charge in [-0.05, 0) is 13.3 Å². The molecule has 0 unspecified atom stereocenters. The number of nitrogens with zero attached hydrogens (tertiary/aromatic N) is 5. The predicted molar refractivity (Wildman–Crippen MR) is 151 cm³/mol. The van der Waals surface area contributed by atoms with Gasteiger partial charge >= 0.3 is 12.1 Å². The van der Waals surface area contributed by atoms with Crippen molar-refractivity contribution in [1.82, 2.24) is 19.1 Å². The number of thioether (sulfide) groups is 1. The number of imidazole rings is 1. The van der Waals surface area contributed by atoms with Gasteiger partial charge in [-0.3, -0.25) is 14.5 Å². The summed E-state index contributed by atoms with van der Waals surface area (Å²) in [5.74, 6) is -1.96. The molecule has 220 valence electrons. The maximum Gasteiger partial charge on any atom is 0.410 e. The van der Waals surface area contributed by atoms with Crippen LogP contribution in [-0.2, 0) is 32.7 Å². The van der Waals surface area contributed by atoms with E-state index in [-0.39, 0.29) is 42.3 Å². The molecule has 0 bridgehead atoms. The van der Waals surface area contributed by atoms with Crippen molar-refractivity contribution in [3.05, 3.63) is 46.9 Å². The molecule has 2 aromatic rings. The summed E-state index contributed by atoms with van der Waals surface area (Å²) >= 11 is 2.88. The van der Waals surface area contributed by atoms with Crippen molar-refractivity contribution in [2.24, 2.45) is 18.9 Å². The number of hydrogen-bond acceptors (Lipinski definition) is 8. The fourth-order valence-corrected chi connectivity index (χ4v) is 8.47. The molecule has 3 aliphatic heterocycles. The molecule has 12 nitrogen and oxygen atoms in total. The Balaban J connectivity index is 1.38. The number of ether oxygens (including phenoxy) is 1. The van der Waals surface area contributed by atoms with Crippen LogP contribution < -0.4 is 4.57 Å². The van der Waals surface area contributed by atoms with Gasteiger partial charge in [0, 0.05) is 35.0 Å². The zero-order valence-electron chi connectivity index (χ0n) is 23.3. The molecule has 5 heterocycles. The van der Waals surface area contributed by atoms with E-state index in [1.165, 1.54) is 34.6 Å². The Morgan fingerprint density at radius 2 is 2.12 bits per heavy atom. The van der Waals surface area contributed by atoms with Crippen LogP contribution in [0.3, 0.4) is 0 Å². The van der Waals surface area contributed by atoms with E-state index in [4.69, 9.17) is 4.74 Å². The van der Waals surface area contributed by atoms with Gasteiger partial charge in [0.1, 0.15) is 37.3 Å². The number of rotatable bonds is 9. The lowest BCUT2D eigenvalue weighted by molar-refractivity contribution is -0.678. The van der Waals surface area contributed by atoms with E-state index >= 15 is 0 Å². The van der Waals surface area contributed by atoms with Crippen LogP contribution in [0, 0.1) is 11.8 Å². The first-order valence-corrected chi connectivity index (χ1v) is 15.1. The summed E-state index contributed by atoms with van der Waals surface area (Å²) in [5, 5.41) is 21.8. The molecular formula is C27H34N5O7S2+. The third-order valence-corrected chi connectivity index (χ3v) is 10.4. The molecule has 0 spiro atoms. The highest BCUT2D eigenvalue weighted by atomic mass is 32.2. The molecule has 2 saturated heterocycles. The standard InChI is InChI=1S/C27H33N5O7S2/c1-6-8-39-27(38)31-11-16(41-23-14(2)21-20(15(3)33)25(35)32(21)22(23)26(36)37)10-17(31)24(34)29(5)12-18-28(4)13-19-30(18)7-9-40-19/h6-7,9,13-17,20-21,33H,1,8,10-12H2,2-5H3/p+1/t14-,15-,16+,17+,20-,21-/m1/s1. The Morgan fingerprint density at radius 3 is 2.78 bits per heavy atom. The van der Waals surface area contributed by atoms with Crippen LogP contribution in [0.2, 0.25) is 0 Å². The number of aromatic nitrogens is 2. The van der Waals surface area contributed by atoms with Gasteiger partial charge in [0.2, 0.25) is 16.6 Å². The molecule has 0 aliphatic carbocycles. The highest BCUT2D eigenvalue weighted by Crippen LogP contribution is 2.52. The highest BCUT2D eigenvalue weighted by molar-refractivity contribution is 8.03. The zero-order valence-corrected chi connectivity index (χ0v) is 24.9. The second-order valence-corrected chi connectivity index (χ2v) is 13.0. The number of hydrogen-bond donors (Lipinski definition) is 2. The fraction of sp³-hybridized carbons (Fsp3) is 0.519. The van der Waals surface area contributed by atoms with Crippen molar-refractivity contribution in [3.8, 4) is 0 Å². The average molecular weight is 605 g/mol. The first kappa shape index (κ1) is 29.1. The van der Waals surface area contributed by atoms with Gasteiger partial charge in [0.05, 0.1) is 25.1 Å². The van der Waals surface area contributed by atoms with Crippen LogP contribution in [0.5, 0.6) is 0 Å². The van der Waals surface area contributed by atoms with E-state index in [1.807, 2.05) is 40.7 Å². The second-order valence-electron chi connectivity index (χ2n) is 10.7.